The number of nitrogens with zero attached hydrogens (tertiary/aromatic N) is 2. The lowest BCUT2D eigenvalue weighted by molar-refractivity contribution is 0.0600. The second-order valence-electron chi connectivity index (χ2n) is 5.79. The number of halogens is 1. The Hall–Kier alpha value is -3.45. The average Bonchev–Trinajstić information content (AvgIpc) is 2.74. The summed E-state index contributed by atoms with van der Waals surface area (Å²) in [4.78, 5) is 32.3. The minimum atomic E-state index is -0.519. The van der Waals surface area contributed by atoms with Crippen LogP contribution >= 0.6 is 11.6 Å². The predicted octanol–water partition coefficient (Wildman–Crippen LogP) is 3.78. The van der Waals surface area contributed by atoms with E-state index >= 15 is 0 Å². The Morgan fingerprint density at radius 2 is 2.00 bits per heavy atom. The Kier molecular flexibility index (Phi) is 6.18. The van der Waals surface area contributed by atoms with Crippen molar-refractivity contribution in [2.45, 2.75) is 6.54 Å². The lowest BCUT2D eigenvalue weighted by Crippen LogP contribution is -2.14. The van der Waals surface area contributed by atoms with Crippen LogP contribution in [0.3, 0.4) is 0 Å². The van der Waals surface area contributed by atoms with Crippen molar-refractivity contribution < 1.29 is 14.3 Å². The van der Waals surface area contributed by atoms with Gasteiger partial charge in [-0.2, -0.15) is 0 Å². The molecule has 0 atom stereocenters. The van der Waals surface area contributed by atoms with Crippen molar-refractivity contribution in [1.82, 2.24) is 9.97 Å². The number of aromatic nitrogens is 2. The molecule has 2 aromatic heterocycles. The van der Waals surface area contributed by atoms with Crippen LogP contribution in [0.1, 0.15) is 26.4 Å². The van der Waals surface area contributed by atoms with Gasteiger partial charge in [-0.3, -0.25) is 9.78 Å². The van der Waals surface area contributed by atoms with Crippen LogP contribution in [0.15, 0.2) is 61.1 Å². The molecule has 0 unspecified atom stereocenters. The Morgan fingerprint density at radius 3 is 2.68 bits per heavy atom. The van der Waals surface area contributed by atoms with Gasteiger partial charge in [0.2, 0.25) is 0 Å². The Morgan fingerprint density at radius 1 is 1.14 bits per heavy atom. The summed E-state index contributed by atoms with van der Waals surface area (Å²) in [7, 11) is 1.28. The standard InChI is InChI=1S/C20H17ClN4O3/c1-28-20(27)14-4-6-16(21)18(9-14)25-19(26)17-7-5-15(12-24-17)23-11-13-3-2-8-22-10-13/h2-10,12,23H,11H2,1H3,(H,25,26). The third kappa shape index (κ3) is 4.83. The first-order chi connectivity index (χ1) is 13.6. The second-order valence-corrected chi connectivity index (χ2v) is 6.19. The largest absolute Gasteiger partial charge is 0.465 e. The normalized spacial score (nSPS) is 10.2. The summed E-state index contributed by atoms with van der Waals surface area (Å²) in [5.74, 6) is -0.961. The van der Waals surface area contributed by atoms with Crippen LogP contribution in [0.25, 0.3) is 0 Å². The fourth-order valence-electron chi connectivity index (χ4n) is 2.39. The molecule has 0 spiro atoms. The summed E-state index contributed by atoms with van der Waals surface area (Å²) in [5.41, 5.74) is 2.60. The van der Waals surface area contributed by atoms with Crippen LogP contribution in [0.2, 0.25) is 5.02 Å². The molecular weight excluding hydrogens is 380 g/mol. The number of esters is 1. The van der Waals surface area contributed by atoms with E-state index in [1.54, 1.807) is 30.7 Å². The SMILES string of the molecule is COC(=O)c1ccc(Cl)c(NC(=O)c2ccc(NCc3cccnc3)cn2)c1. The van der Waals surface area contributed by atoms with Gasteiger partial charge < -0.3 is 15.4 Å². The Labute approximate surface area is 166 Å². The molecule has 1 amide bonds. The second kappa shape index (κ2) is 8.96. The van der Waals surface area contributed by atoms with Crippen molar-refractivity contribution >= 4 is 34.9 Å². The summed E-state index contributed by atoms with van der Waals surface area (Å²) >= 11 is 6.10. The topological polar surface area (TPSA) is 93.2 Å². The molecule has 8 heteroatoms. The number of carbonyl (C=O) groups is 2. The van der Waals surface area contributed by atoms with Gasteiger partial charge in [-0.1, -0.05) is 17.7 Å². The number of benzene rings is 1. The molecule has 0 radical (unpaired) electrons. The van der Waals surface area contributed by atoms with Crippen molar-refractivity contribution in [3.63, 3.8) is 0 Å². The molecule has 0 saturated carbocycles. The van der Waals surface area contributed by atoms with Crippen molar-refractivity contribution in [3.8, 4) is 0 Å². The molecule has 0 aliphatic heterocycles. The van der Waals surface area contributed by atoms with Gasteiger partial charge >= 0.3 is 5.97 Å². The fraction of sp³-hybridized carbons (Fsp3) is 0.100. The zero-order chi connectivity index (χ0) is 19.9. The molecule has 0 fully saturated rings. The van der Waals surface area contributed by atoms with Crippen LogP contribution in [-0.2, 0) is 11.3 Å². The quantitative estimate of drug-likeness (QED) is 0.616. The van der Waals surface area contributed by atoms with Gasteiger partial charge in [0.15, 0.2) is 0 Å². The maximum Gasteiger partial charge on any atom is 0.337 e. The number of anilines is 2. The highest BCUT2D eigenvalue weighted by Gasteiger charge is 2.13. The number of hydrogen-bond donors (Lipinski definition) is 2. The number of hydrogen-bond acceptors (Lipinski definition) is 6. The minimum Gasteiger partial charge on any atom is -0.465 e. The van der Waals surface area contributed by atoms with Gasteiger partial charge in [-0.15, -0.1) is 0 Å². The summed E-state index contributed by atoms with van der Waals surface area (Å²) in [6.45, 7) is 0.594. The first-order valence-corrected chi connectivity index (χ1v) is 8.72. The zero-order valence-electron chi connectivity index (χ0n) is 15.0. The van der Waals surface area contributed by atoms with Crippen LogP contribution in [0.5, 0.6) is 0 Å². The highest BCUT2D eigenvalue weighted by Crippen LogP contribution is 2.24. The number of nitrogens with one attached hydrogen (secondary N) is 2. The number of pyridine rings is 2. The molecule has 28 heavy (non-hydrogen) atoms. The van der Waals surface area contributed by atoms with E-state index in [0.717, 1.165) is 11.3 Å². The smallest absolute Gasteiger partial charge is 0.337 e. The summed E-state index contributed by atoms with van der Waals surface area (Å²) in [6, 6.07) is 11.7. The van der Waals surface area contributed by atoms with E-state index in [9.17, 15) is 9.59 Å². The molecule has 3 rings (SSSR count). The predicted molar refractivity (Wildman–Crippen MR) is 107 cm³/mol. The monoisotopic (exact) mass is 396 g/mol. The van der Waals surface area contributed by atoms with Crippen molar-refractivity contribution in [2.24, 2.45) is 0 Å². The third-order valence-corrected chi connectivity index (χ3v) is 4.18. The van der Waals surface area contributed by atoms with Crippen molar-refractivity contribution in [3.05, 3.63) is 82.9 Å². The van der Waals surface area contributed by atoms with E-state index in [1.165, 1.54) is 25.3 Å². The Bertz CT molecular complexity index is 979. The van der Waals surface area contributed by atoms with Gasteiger partial charge in [0.05, 0.1) is 35.3 Å². The molecule has 142 valence electrons. The molecule has 0 saturated heterocycles. The molecule has 0 bridgehead atoms. The van der Waals surface area contributed by atoms with Gasteiger partial charge in [-0.05, 0) is 42.0 Å². The summed E-state index contributed by atoms with van der Waals surface area (Å²) in [6.07, 6.45) is 5.05. The van der Waals surface area contributed by atoms with E-state index < -0.39 is 11.9 Å². The Balaban J connectivity index is 1.65. The average molecular weight is 397 g/mol. The number of methoxy groups -OCH3 is 1. The maximum atomic E-state index is 12.4. The van der Waals surface area contributed by atoms with Gasteiger partial charge in [0, 0.05) is 18.9 Å². The summed E-state index contributed by atoms with van der Waals surface area (Å²) < 4.78 is 4.67. The van der Waals surface area contributed by atoms with Gasteiger partial charge in [0.1, 0.15) is 5.69 Å². The fourth-order valence-corrected chi connectivity index (χ4v) is 2.56. The molecule has 0 aliphatic rings. The van der Waals surface area contributed by atoms with Crippen LogP contribution < -0.4 is 10.6 Å². The number of carbonyl (C=O) groups excluding carboxylic acids is 2. The number of ether oxygens (including phenoxy) is 1. The minimum absolute atomic E-state index is 0.214. The highest BCUT2D eigenvalue weighted by molar-refractivity contribution is 6.34. The molecule has 2 N–H and O–H groups in total. The number of amides is 1. The van der Waals surface area contributed by atoms with E-state index in [-0.39, 0.29) is 11.3 Å². The van der Waals surface area contributed by atoms with E-state index in [2.05, 4.69) is 25.3 Å². The lowest BCUT2D eigenvalue weighted by atomic mass is 10.2. The van der Waals surface area contributed by atoms with Gasteiger partial charge in [-0.25, -0.2) is 9.78 Å². The molecule has 0 aliphatic carbocycles. The zero-order valence-corrected chi connectivity index (χ0v) is 15.7. The van der Waals surface area contributed by atoms with Crippen molar-refractivity contribution in [1.29, 1.82) is 0 Å². The molecule has 3 aromatic rings. The van der Waals surface area contributed by atoms with E-state index in [4.69, 9.17) is 11.6 Å². The molecule has 2 heterocycles. The summed E-state index contributed by atoms with van der Waals surface area (Å²) in [5, 5.41) is 6.16. The highest BCUT2D eigenvalue weighted by atomic mass is 35.5. The molecular formula is C20H17ClN4O3. The lowest BCUT2D eigenvalue weighted by Gasteiger charge is -2.10. The third-order valence-electron chi connectivity index (χ3n) is 3.85. The van der Waals surface area contributed by atoms with E-state index in [0.29, 0.717) is 17.3 Å². The van der Waals surface area contributed by atoms with E-state index in [1.807, 2.05) is 12.1 Å². The molecule has 7 nitrogen and oxygen atoms in total. The molecule has 1 aromatic carbocycles. The van der Waals surface area contributed by atoms with Crippen LogP contribution in [-0.4, -0.2) is 29.0 Å². The first-order valence-electron chi connectivity index (χ1n) is 8.35. The maximum absolute atomic E-state index is 12.4. The first kappa shape index (κ1) is 19.3. The number of rotatable bonds is 6. The van der Waals surface area contributed by atoms with Gasteiger partial charge in [0.25, 0.3) is 5.91 Å². The van der Waals surface area contributed by atoms with Crippen molar-refractivity contribution in [2.75, 3.05) is 17.7 Å². The van der Waals surface area contributed by atoms with Crippen LogP contribution in [0.4, 0.5) is 11.4 Å². The van der Waals surface area contributed by atoms with Crippen LogP contribution in [0, 0.1) is 0 Å².